The van der Waals surface area contributed by atoms with Crippen molar-refractivity contribution in [3.63, 3.8) is 0 Å². The first kappa shape index (κ1) is 19.1. The maximum absolute atomic E-state index is 12.5. The van der Waals surface area contributed by atoms with Crippen LogP contribution in [0.15, 0.2) is 63.8 Å². The third-order valence-electron chi connectivity index (χ3n) is 5.05. The Bertz CT molecular complexity index is 1070. The first-order valence-corrected chi connectivity index (χ1v) is 9.75. The zero-order valence-electron chi connectivity index (χ0n) is 16.3. The molecule has 0 saturated carbocycles. The molecule has 1 amide bonds. The van der Waals surface area contributed by atoms with Crippen molar-refractivity contribution in [1.82, 2.24) is 4.90 Å². The molecule has 0 atom stereocenters. The standard InChI is InChI=1S/C23H23NO5/c1-16-12-21(14-23(26)28-16)29-19-8-10-24(11-9-19)22(25)15-27-20-7-6-17-4-2-3-5-18(17)13-20/h2-7,12-14,19H,8-11,15H2,1H3. The molecular weight excluding hydrogens is 370 g/mol. The normalized spacial score (nSPS) is 14.7. The molecule has 6 nitrogen and oxygen atoms in total. The number of nitrogens with zero attached hydrogens (tertiary/aromatic N) is 1. The van der Waals surface area contributed by atoms with Crippen molar-refractivity contribution in [3.05, 3.63) is 70.8 Å². The van der Waals surface area contributed by atoms with Crippen molar-refractivity contribution in [2.45, 2.75) is 25.9 Å². The zero-order chi connectivity index (χ0) is 20.2. The van der Waals surface area contributed by atoms with E-state index in [1.807, 2.05) is 42.5 Å². The summed E-state index contributed by atoms with van der Waals surface area (Å²) in [6, 6.07) is 16.9. The second kappa shape index (κ2) is 8.39. The van der Waals surface area contributed by atoms with Crippen LogP contribution in [0.3, 0.4) is 0 Å². The highest BCUT2D eigenvalue weighted by Crippen LogP contribution is 2.21. The van der Waals surface area contributed by atoms with Crippen LogP contribution in [0.4, 0.5) is 0 Å². The van der Waals surface area contributed by atoms with Crippen molar-refractivity contribution in [3.8, 4) is 11.5 Å². The van der Waals surface area contributed by atoms with Crippen LogP contribution >= 0.6 is 0 Å². The highest BCUT2D eigenvalue weighted by Gasteiger charge is 2.24. The summed E-state index contributed by atoms with van der Waals surface area (Å²) >= 11 is 0. The largest absolute Gasteiger partial charge is 0.490 e. The Balaban J connectivity index is 1.27. The quantitative estimate of drug-likeness (QED) is 0.663. The molecular formula is C23H23NO5. The minimum Gasteiger partial charge on any atom is -0.490 e. The number of fused-ring (bicyclic) bond motifs is 1. The third kappa shape index (κ3) is 4.77. The van der Waals surface area contributed by atoms with Gasteiger partial charge in [0.05, 0.1) is 6.07 Å². The summed E-state index contributed by atoms with van der Waals surface area (Å²) in [4.78, 5) is 25.7. The molecule has 2 heterocycles. The monoisotopic (exact) mass is 393 g/mol. The van der Waals surface area contributed by atoms with Gasteiger partial charge in [0.25, 0.3) is 5.91 Å². The van der Waals surface area contributed by atoms with E-state index in [1.165, 1.54) is 6.07 Å². The van der Waals surface area contributed by atoms with Gasteiger partial charge >= 0.3 is 5.63 Å². The lowest BCUT2D eigenvalue weighted by Crippen LogP contribution is -2.43. The van der Waals surface area contributed by atoms with E-state index < -0.39 is 5.63 Å². The van der Waals surface area contributed by atoms with E-state index in [0.717, 1.165) is 10.8 Å². The van der Waals surface area contributed by atoms with E-state index in [4.69, 9.17) is 13.9 Å². The lowest BCUT2D eigenvalue weighted by Gasteiger charge is -2.32. The van der Waals surface area contributed by atoms with Crippen molar-refractivity contribution < 1.29 is 18.7 Å². The summed E-state index contributed by atoms with van der Waals surface area (Å²) in [6.45, 7) is 2.93. The maximum atomic E-state index is 12.5. The first-order valence-electron chi connectivity index (χ1n) is 9.75. The molecule has 4 rings (SSSR count). The molecule has 1 aliphatic heterocycles. The maximum Gasteiger partial charge on any atom is 0.339 e. The summed E-state index contributed by atoms with van der Waals surface area (Å²) in [5.41, 5.74) is -0.418. The number of piperidine rings is 1. The van der Waals surface area contributed by atoms with Crippen LogP contribution in [0.5, 0.6) is 11.5 Å². The Kier molecular flexibility index (Phi) is 5.51. The smallest absolute Gasteiger partial charge is 0.339 e. The molecule has 0 N–H and O–H groups in total. The van der Waals surface area contributed by atoms with Crippen LogP contribution in [0, 0.1) is 6.92 Å². The number of rotatable bonds is 5. The molecule has 1 fully saturated rings. The molecule has 1 aromatic heterocycles. The molecule has 0 bridgehead atoms. The van der Waals surface area contributed by atoms with Crippen LogP contribution in [0.2, 0.25) is 0 Å². The number of carbonyl (C=O) groups excluding carboxylic acids is 1. The van der Waals surface area contributed by atoms with Gasteiger partial charge in [-0.05, 0) is 29.8 Å². The van der Waals surface area contributed by atoms with Crippen LogP contribution in [-0.4, -0.2) is 36.6 Å². The highest BCUT2D eigenvalue weighted by molar-refractivity contribution is 5.84. The molecule has 150 valence electrons. The Labute approximate surface area is 168 Å². The number of hydrogen-bond donors (Lipinski definition) is 0. The molecule has 1 aliphatic rings. The number of benzene rings is 2. The summed E-state index contributed by atoms with van der Waals surface area (Å²) in [5, 5.41) is 2.22. The zero-order valence-corrected chi connectivity index (χ0v) is 16.3. The summed E-state index contributed by atoms with van der Waals surface area (Å²) in [5.74, 6) is 1.69. The summed E-state index contributed by atoms with van der Waals surface area (Å²) < 4.78 is 16.5. The van der Waals surface area contributed by atoms with E-state index in [0.29, 0.717) is 43.2 Å². The molecule has 0 aliphatic carbocycles. The minimum atomic E-state index is -0.418. The molecule has 29 heavy (non-hydrogen) atoms. The van der Waals surface area contributed by atoms with E-state index in [1.54, 1.807) is 17.9 Å². The van der Waals surface area contributed by atoms with Crippen LogP contribution in [0.25, 0.3) is 10.8 Å². The lowest BCUT2D eigenvalue weighted by molar-refractivity contribution is -0.135. The molecule has 0 unspecified atom stereocenters. The van der Waals surface area contributed by atoms with Crippen molar-refractivity contribution >= 4 is 16.7 Å². The Morgan fingerprint density at radius 2 is 1.79 bits per heavy atom. The van der Waals surface area contributed by atoms with Crippen LogP contribution < -0.4 is 15.1 Å². The van der Waals surface area contributed by atoms with E-state index in [-0.39, 0.29) is 18.6 Å². The number of ether oxygens (including phenoxy) is 2. The molecule has 1 saturated heterocycles. The molecule has 3 aromatic rings. The Hall–Kier alpha value is -3.28. The second-order valence-electron chi connectivity index (χ2n) is 7.22. The second-order valence-corrected chi connectivity index (χ2v) is 7.22. The van der Waals surface area contributed by atoms with Gasteiger partial charge in [-0.15, -0.1) is 0 Å². The third-order valence-corrected chi connectivity index (χ3v) is 5.05. The molecule has 2 aromatic carbocycles. The van der Waals surface area contributed by atoms with Gasteiger partial charge in [-0.1, -0.05) is 30.3 Å². The van der Waals surface area contributed by atoms with Crippen LogP contribution in [-0.2, 0) is 4.79 Å². The predicted molar refractivity (Wildman–Crippen MR) is 109 cm³/mol. The van der Waals surface area contributed by atoms with Crippen molar-refractivity contribution in [1.29, 1.82) is 0 Å². The van der Waals surface area contributed by atoms with Crippen molar-refractivity contribution in [2.75, 3.05) is 19.7 Å². The summed E-state index contributed by atoms with van der Waals surface area (Å²) in [7, 11) is 0. The SMILES string of the molecule is Cc1cc(OC2CCN(C(=O)COc3ccc4ccccc4c3)CC2)cc(=O)o1. The number of hydrogen-bond acceptors (Lipinski definition) is 5. The average molecular weight is 393 g/mol. The van der Waals surface area contributed by atoms with E-state index >= 15 is 0 Å². The molecule has 6 heteroatoms. The fourth-order valence-corrected chi connectivity index (χ4v) is 3.55. The molecule has 0 radical (unpaired) electrons. The fourth-order valence-electron chi connectivity index (χ4n) is 3.55. The number of aryl methyl sites for hydroxylation is 1. The van der Waals surface area contributed by atoms with Gasteiger partial charge in [-0.2, -0.15) is 0 Å². The lowest BCUT2D eigenvalue weighted by atomic mass is 10.1. The molecule has 0 spiro atoms. The van der Waals surface area contributed by atoms with Gasteiger partial charge in [0.15, 0.2) is 6.61 Å². The number of amides is 1. The van der Waals surface area contributed by atoms with Gasteiger partial charge in [0.1, 0.15) is 23.4 Å². The van der Waals surface area contributed by atoms with E-state index in [9.17, 15) is 9.59 Å². The van der Waals surface area contributed by atoms with Gasteiger partial charge in [0.2, 0.25) is 0 Å². The topological polar surface area (TPSA) is 69.0 Å². The van der Waals surface area contributed by atoms with Crippen molar-refractivity contribution in [2.24, 2.45) is 0 Å². The minimum absolute atomic E-state index is 0.0167. The van der Waals surface area contributed by atoms with Gasteiger partial charge in [-0.3, -0.25) is 4.79 Å². The van der Waals surface area contributed by atoms with Gasteiger partial charge < -0.3 is 18.8 Å². The number of likely N-dealkylation sites (tertiary alicyclic amines) is 1. The van der Waals surface area contributed by atoms with E-state index in [2.05, 4.69) is 0 Å². The predicted octanol–water partition coefficient (Wildman–Crippen LogP) is 3.55. The Morgan fingerprint density at radius 3 is 2.55 bits per heavy atom. The summed E-state index contributed by atoms with van der Waals surface area (Å²) in [6.07, 6.45) is 1.39. The number of carbonyl (C=O) groups is 1. The van der Waals surface area contributed by atoms with Crippen LogP contribution in [0.1, 0.15) is 18.6 Å². The fraction of sp³-hybridized carbons (Fsp3) is 0.304. The van der Waals surface area contributed by atoms with Gasteiger partial charge in [0, 0.05) is 32.0 Å². The highest BCUT2D eigenvalue weighted by atomic mass is 16.5. The van der Waals surface area contributed by atoms with Gasteiger partial charge in [-0.25, -0.2) is 4.79 Å². The first-order chi connectivity index (χ1) is 14.1. The Morgan fingerprint density at radius 1 is 1.03 bits per heavy atom. The average Bonchev–Trinajstić information content (AvgIpc) is 2.71.